The van der Waals surface area contributed by atoms with Gasteiger partial charge in [-0.1, -0.05) is 12.1 Å². The third kappa shape index (κ3) is 3.41. The number of hydrogen-bond donors (Lipinski definition) is 1. The van der Waals surface area contributed by atoms with E-state index in [2.05, 4.69) is 5.32 Å². The molecule has 3 nitrogen and oxygen atoms in total. The Kier molecular flexibility index (Phi) is 4.45. The number of para-hydroxylation sites is 2. The Morgan fingerprint density at radius 3 is 2.45 bits per heavy atom. The molecular weight excluding hydrogens is 257 g/mol. The Balaban J connectivity index is 2.23. The van der Waals surface area contributed by atoms with E-state index in [1.807, 2.05) is 38.1 Å². The second-order valence-electron chi connectivity index (χ2n) is 4.64. The predicted octanol–water partition coefficient (Wildman–Crippen LogP) is 4.37. The van der Waals surface area contributed by atoms with Crippen LogP contribution in [0.1, 0.15) is 13.8 Å². The molecule has 0 saturated carbocycles. The molecule has 2 aromatic rings. The summed E-state index contributed by atoms with van der Waals surface area (Å²) in [5, 5.41) is 3.15. The second-order valence-corrected chi connectivity index (χ2v) is 4.64. The fourth-order valence-electron chi connectivity index (χ4n) is 1.83. The van der Waals surface area contributed by atoms with Crippen LogP contribution in [0.15, 0.2) is 42.5 Å². The Morgan fingerprint density at radius 2 is 1.80 bits per heavy atom. The summed E-state index contributed by atoms with van der Waals surface area (Å²) in [6.07, 6.45) is 0.0746. The monoisotopic (exact) mass is 275 g/mol. The van der Waals surface area contributed by atoms with E-state index in [1.54, 1.807) is 12.1 Å². The summed E-state index contributed by atoms with van der Waals surface area (Å²) >= 11 is 0. The van der Waals surface area contributed by atoms with Gasteiger partial charge in [0.25, 0.3) is 0 Å². The molecule has 0 aliphatic rings. The van der Waals surface area contributed by atoms with Crippen LogP contribution in [0.3, 0.4) is 0 Å². The molecular formula is C16H18FNO2. The van der Waals surface area contributed by atoms with Crippen LogP contribution < -0.4 is 14.8 Å². The van der Waals surface area contributed by atoms with Gasteiger partial charge in [-0.05, 0) is 38.1 Å². The van der Waals surface area contributed by atoms with E-state index in [-0.39, 0.29) is 11.9 Å². The first-order valence-electron chi connectivity index (χ1n) is 6.46. The van der Waals surface area contributed by atoms with Crippen LogP contribution in [-0.2, 0) is 0 Å². The van der Waals surface area contributed by atoms with Gasteiger partial charge in [-0.25, -0.2) is 4.39 Å². The van der Waals surface area contributed by atoms with Crippen LogP contribution in [0.4, 0.5) is 15.8 Å². The fourth-order valence-corrected chi connectivity index (χ4v) is 1.83. The largest absolute Gasteiger partial charge is 0.494 e. The van der Waals surface area contributed by atoms with Gasteiger partial charge < -0.3 is 14.8 Å². The van der Waals surface area contributed by atoms with Crippen molar-refractivity contribution >= 4 is 11.4 Å². The van der Waals surface area contributed by atoms with Crippen molar-refractivity contribution in [3.05, 3.63) is 48.3 Å². The molecule has 0 aliphatic carbocycles. The van der Waals surface area contributed by atoms with E-state index in [0.29, 0.717) is 5.69 Å². The highest BCUT2D eigenvalue weighted by molar-refractivity contribution is 5.66. The molecule has 0 unspecified atom stereocenters. The maximum Gasteiger partial charge on any atom is 0.167 e. The number of hydrogen-bond acceptors (Lipinski definition) is 3. The van der Waals surface area contributed by atoms with Crippen molar-refractivity contribution in [2.24, 2.45) is 0 Å². The molecule has 20 heavy (non-hydrogen) atoms. The highest BCUT2D eigenvalue weighted by atomic mass is 19.1. The van der Waals surface area contributed by atoms with Gasteiger partial charge in [0, 0.05) is 11.8 Å². The van der Waals surface area contributed by atoms with E-state index in [1.165, 1.54) is 13.2 Å². The lowest BCUT2D eigenvalue weighted by atomic mass is 10.2. The average molecular weight is 275 g/mol. The van der Waals surface area contributed by atoms with Crippen LogP contribution in [-0.4, -0.2) is 13.2 Å². The smallest absolute Gasteiger partial charge is 0.167 e. The lowest BCUT2D eigenvalue weighted by Crippen LogP contribution is -2.07. The van der Waals surface area contributed by atoms with Crippen molar-refractivity contribution in [1.29, 1.82) is 0 Å². The SMILES string of the molecule is COc1ccc(Nc2ccccc2OC(C)C)cc1F. The standard InChI is InChI=1S/C16H18FNO2/c1-11(2)20-16-7-5-4-6-14(16)18-12-8-9-15(19-3)13(17)10-12/h4-11,18H,1-3H3. The van der Waals surface area contributed by atoms with Crippen molar-refractivity contribution in [2.45, 2.75) is 20.0 Å². The first kappa shape index (κ1) is 14.2. The zero-order valence-electron chi connectivity index (χ0n) is 11.8. The minimum atomic E-state index is -0.403. The van der Waals surface area contributed by atoms with Crippen LogP contribution >= 0.6 is 0 Å². The molecule has 0 spiro atoms. The summed E-state index contributed by atoms with van der Waals surface area (Å²) in [4.78, 5) is 0. The molecule has 0 radical (unpaired) electrons. The molecule has 106 valence electrons. The third-order valence-electron chi connectivity index (χ3n) is 2.68. The van der Waals surface area contributed by atoms with Gasteiger partial charge in [-0.3, -0.25) is 0 Å². The summed E-state index contributed by atoms with van der Waals surface area (Å²) in [7, 11) is 1.44. The molecule has 0 amide bonds. The van der Waals surface area contributed by atoms with Crippen molar-refractivity contribution in [2.75, 3.05) is 12.4 Å². The number of anilines is 2. The van der Waals surface area contributed by atoms with Gasteiger partial charge in [-0.2, -0.15) is 0 Å². The molecule has 1 N–H and O–H groups in total. The summed E-state index contributed by atoms with van der Waals surface area (Å²) in [6.45, 7) is 3.92. The minimum Gasteiger partial charge on any atom is -0.494 e. The molecule has 2 rings (SSSR count). The van der Waals surface area contributed by atoms with Crippen molar-refractivity contribution in [3.63, 3.8) is 0 Å². The summed E-state index contributed by atoms with van der Waals surface area (Å²) in [5.41, 5.74) is 1.44. The van der Waals surface area contributed by atoms with E-state index in [9.17, 15) is 4.39 Å². The quantitative estimate of drug-likeness (QED) is 0.879. The molecule has 0 aromatic heterocycles. The first-order chi connectivity index (χ1) is 9.60. The van der Waals surface area contributed by atoms with Gasteiger partial charge in [-0.15, -0.1) is 0 Å². The first-order valence-corrected chi connectivity index (χ1v) is 6.46. The minimum absolute atomic E-state index is 0.0746. The van der Waals surface area contributed by atoms with Crippen molar-refractivity contribution in [3.8, 4) is 11.5 Å². The van der Waals surface area contributed by atoms with E-state index >= 15 is 0 Å². The summed E-state index contributed by atoms with van der Waals surface area (Å²) in [5.74, 6) is 0.556. The molecule has 4 heteroatoms. The zero-order valence-corrected chi connectivity index (χ0v) is 11.8. The second kappa shape index (κ2) is 6.28. The zero-order chi connectivity index (χ0) is 14.5. The normalized spacial score (nSPS) is 10.4. The van der Waals surface area contributed by atoms with E-state index < -0.39 is 5.82 Å². The Bertz CT molecular complexity index is 584. The Morgan fingerprint density at radius 1 is 1.05 bits per heavy atom. The molecule has 0 bridgehead atoms. The average Bonchev–Trinajstić information content (AvgIpc) is 2.41. The van der Waals surface area contributed by atoms with Crippen molar-refractivity contribution < 1.29 is 13.9 Å². The maximum atomic E-state index is 13.7. The fraction of sp³-hybridized carbons (Fsp3) is 0.250. The van der Waals surface area contributed by atoms with Gasteiger partial charge in [0.15, 0.2) is 11.6 Å². The third-order valence-corrected chi connectivity index (χ3v) is 2.68. The number of benzene rings is 2. The number of rotatable bonds is 5. The molecule has 0 heterocycles. The van der Waals surface area contributed by atoms with Gasteiger partial charge in [0.05, 0.1) is 18.9 Å². The maximum absolute atomic E-state index is 13.7. The van der Waals surface area contributed by atoms with Gasteiger partial charge >= 0.3 is 0 Å². The van der Waals surface area contributed by atoms with Crippen LogP contribution in [0.25, 0.3) is 0 Å². The lowest BCUT2D eigenvalue weighted by molar-refractivity contribution is 0.244. The molecule has 0 aliphatic heterocycles. The Hall–Kier alpha value is -2.23. The molecule has 0 saturated heterocycles. The van der Waals surface area contributed by atoms with Gasteiger partial charge in [0.1, 0.15) is 5.75 Å². The molecule has 0 fully saturated rings. The molecule has 2 aromatic carbocycles. The predicted molar refractivity (Wildman–Crippen MR) is 78.4 cm³/mol. The van der Waals surface area contributed by atoms with E-state index in [4.69, 9.17) is 9.47 Å². The number of ether oxygens (including phenoxy) is 2. The lowest BCUT2D eigenvalue weighted by Gasteiger charge is -2.15. The highest BCUT2D eigenvalue weighted by Crippen LogP contribution is 2.29. The summed E-state index contributed by atoms with van der Waals surface area (Å²) < 4.78 is 24.3. The van der Waals surface area contributed by atoms with E-state index in [0.717, 1.165) is 11.4 Å². The van der Waals surface area contributed by atoms with Crippen molar-refractivity contribution in [1.82, 2.24) is 0 Å². The molecule has 0 atom stereocenters. The van der Waals surface area contributed by atoms with Crippen LogP contribution in [0, 0.1) is 5.82 Å². The number of halogens is 1. The number of nitrogens with one attached hydrogen (secondary N) is 1. The van der Waals surface area contributed by atoms with Crippen LogP contribution in [0.2, 0.25) is 0 Å². The topological polar surface area (TPSA) is 30.5 Å². The van der Waals surface area contributed by atoms with Crippen LogP contribution in [0.5, 0.6) is 11.5 Å². The Labute approximate surface area is 118 Å². The number of methoxy groups -OCH3 is 1. The highest BCUT2D eigenvalue weighted by Gasteiger charge is 2.07. The van der Waals surface area contributed by atoms with Gasteiger partial charge in [0.2, 0.25) is 0 Å². The summed E-state index contributed by atoms with van der Waals surface area (Å²) in [6, 6.07) is 12.3.